The highest BCUT2D eigenvalue weighted by molar-refractivity contribution is 7.89. The van der Waals surface area contributed by atoms with Crippen LogP contribution in [-0.4, -0.2) is 8.42 Å². The highest BCUT2D eigenvalue weighted by atomic mass is 32.2. The molecule has 0 radical (unpaired) electrons. The van der Waals surface area contributed by atoms with Crippen LogP contribution in [0.1, 0.15) is 45.1 Å². The van der Waals surface area contributed by atoms with E-state index in [0.29, 0.717) is 0 Å². The van der Waals surface area contributed by atoms with Gasteiger partial charge in [-0.3, -0.25) is 0 Å². The highest BCUT2D eigenvalue weighted by Gasteiger charge is 2.22. The Morgan fingerprint density at radius 2 is 1.70 bits per heavy atom. The molecule has 0 aromatic heterocycles. The number of primary sulfonamides is 1. The molecule has 0 amide bonds. The molecular formula is C19H23NO2S. The fourth-order valence-corrected chi connectivity index (χ4v) is 3.79. The second kappa shape index (κ2) is 5.77. The Bertz CT molecular complexity index is 809. The summed E-state index contributed by atoms with van der Waals surface area (Å²) < 4.78 is 22.8. The Kier molecular flexibility index (Phi) is 4.07. The number of rotatable bonds is 3. The molecule has 0 unspecified atom stereocenters. The van der Waals surface area contributed by atoms with Gasteiger partial charge in [0.15, 0.2) is 0 Å². The largest absolute Gasteiger partial charge is 0.238 e. The quantitative estimate of drug-likeness (QED) is 0.904. The van der Waals surface area contributed by atoms with Crippen molar-refractivity contribution in [3.63, 3.8) is 0 Å². The normalized spacial score (nSPS) is 20.7. The summed E-state index contributed by atoms with van der Waals surface area (Å²) in [5.74, 6) is 0. The molecule has 3 nitrogen and oxygen atoms in total. The molecule has 122 valence electrons. The number of hydrogen-bond donors (Lipinski definition) is 1. The highest BCUT2D eigenvalue weighted by Crippen LogP contribution is 2.41. The van der Waals surface area contributed by atoms with Crippen molar-refractivity contribution in [1.82, 2.24) is 0 Å². The molecule has 2 aliphatic rings. The zero-order valence-corrected chi connectivity index (χ0v) is 14.5. The second-order valence-corrected chi connectivity index (χ2v) is 8.63. The molecule has 0 spiro atoms. The zero-order valence-electron chi connectivity index (χ0n) is 13.7. The van der Waals surface area contributed by atoms with Crippen LogP contribution in [0.15, 0.2) is 58.5 Å². The first-order chi connectivity index (χ1) is 10.8. The summed E-state index contributed by atoms with van der Waals surface area (Å²) >= 11 is 0. The maximum atomic E-state index is 11.4. The van der Waals surface area contributed by atoms with Crippen LogP contribution in [0, 0.1) is 5.41 Å². The van der Waals surface area contributed by atoms with Crippen molar-refractivity contribution in [3.8, 4) is 0 Å². The first-order valence-electron chi connectivity index (χ1n) is 8.01. The van der Waals surface area contributed by atoms with Crippen molar-refractivity contribution >= 4 is 15.6 Å². The third-order valence-electron chi connectivity index (χ3n) is 4.66. The summed E-state index contributed by atoms with van der Waals surface area (Å²) in [5, 5.41) is 5.17. The molecule has 0 atom stereocenters. The molecule has 23 heavy (non-hydrogen) atoms. The maximum Gasteiger partial charge on any atom is 0.238 e. The van der Waals surface area contributed by atoms with Crippen LogP contribution in [0.5, 0.6) is 0 Å². The standard InChI is InChI=1S/C19H23NO2S/c1-19(2)12-10-15(11-13-19)18-5-3-4-17(18)14-6-8-16(9-7-14)23(20,21)22/h6-12H,3-5,13H2,1-2H3,(H2,20,21,22). The molecule has 2 N–H and O–H groups in total. The van der Waals surface area contributed by atoms with Crippen molar-refractivity contribution in [3.05, 3.63) is 59.2 Å². The molecule has 4 heteroatoms. The molecule has 1 aromatic carbocycles. The smallest absolute Gasteiger partial charge is 0.225 e. The van der Waals surface area contributed by atoms with Gasteiger partial charge in [-0.25, -0.2) is 13.6 Å². The predicted molar refractivity (Wildman–Crippen MR) is 94.2 cm³/mol. The molecular weight excluding hydrogens is 306 g/mol. The lowest BCUT2D eigenvalue weighted by atomic mass is 9.82. The Morgan fingerprint density at radius 3 is 2.26 bits per heavy atom. The summed E-state index contributed by atoms with van der Waals surface area (Å²) in [5.41, 5.74) is 5.40. The molecule has 0 saturated heterocycles. The summed E-state index contributed by atoms with van der Waals surface area (Å²) in [4.78, 5) is 0.167. The molecule has 2 aliphatic carbocycles. The lowest BCUT2D eigenvalue weighted by molar-refractivity contribution is 0.482. The lowest BCUT2D eigenvalue weighted by Crippen LogP contribution is -2.11. The van der Waals surface area contributed by atoms with Crippen LogP contribution in [0.3, 0.4) is 0 Å². The minimum Gasteiger partial charge on any atom is -0.225 e. The van der Waals surface area contributed by atoms with E-state index in [2.05, 4.69) is 32.1 Å². The molecule has 0 bridgehead atoms. The Balaban J connectivity index is 1.95. The van der Waals surface area contributed by atoms with Crippen LogP contribution in [0.25, 0.3) is 5.57 Å². The number of benzene rings is 1. The van der Waals surface area contributed by atoms with Gasteiger partial charge >= 0.3 is 0 Å². The monoisotopic (exact) mass is 329 g/mol. The maximum absolute atomic E-state index is 11.4. The van der Waals surface area contributed by atoms with Crippen molar-refractivity contribution in [2.45, 2.75) is 44.4 Å². The van der Waals surface area contributed by atoms with Crippen molar-refractivity contribution in [1.29, 1.82) is 0 Å². The Hall–Kier alpha value is -1.65. The van der Waals surface area contributed by atoms with Gasteiger partial charge in [0.1, 0.15) is 0 Å². The average Bonchev–Trinajstić information content (AvgIpc) is 2.96. The minimum absolute atomic E-state index is 0.167. The molecule has 0 heterocycles. The minimum atomic E-state index is -3.63. The van der Waals surface area contributed by atoms with Crippen LogP contribution in [0.4, 0.5) is 0 Å². The van der Waals surface area contributed by atoms with E-state index in [-0.39, 0.29) is 10.3 Å². The van der Waals surface area contributed by atoms with Gasteiger partial charge < -0.3 is 0 Å². The Morgan fingerprint density at radius 1 is 1.04 bits per heavy atom. The van der Waals surface area contributed by atoms with E-state index in [1.54, 1.807) is 12.1 Å². The lowest BCUT2D eigenvalue weighted by Gasteiger charge is -2.23. The number of nitrogens with two attached hydrogens (primary N) is 1. The number of sulfonamides is 1. The van der Waals surface area contributed by atoms with Gasteiger partial charge in [0.2, 0.25) is 10.0 Å². The molecule has 0 aliphatic heterocycles. The third-order valence-corrected chi connectivity index (χ3v) is 5.59. The van der Waals surface area contributed by atoms with Crippen LogP contribution < -0.4 is 5.14 Å². The van der Waals surface area contributed by atoms with Gasteiger partial charge in [-0.05, 0) is 65.5 Å². The second-order valence-electron chi connectivity index (χ2n) is 7.07. The van der Waals surface area contributed by atoms with E-state index in [0.717, 1.165) is 31.2 Å². The van der Waals surface area contributed by atoms with E-state index in [1.165, 1.54) is 16.7 Å². The van der Waals surface area contributed by atoms with Crippen molar-refractivity contribution in [2.24, 2.45) is 10.6 Å². The fraction of sp³-hybridized carbons (Fsp3) is 0.368. The van der Waals surface area contributed by atoms with Gasteiger partial charge in [0.25, 0.3) is 0 Å². The van der Waals surface area contributed by atoms with E-state index < -0.39 is 10.0 Å². The zero-order chi connectivity index (χ0) is 16.7. The van der Waals surface area contributed by atoms with E-state index in [4.69, 9.17) is 5.14 Å². The van der Waals surface area contributed by atoms with Gasteiger partial charge in [-0.15, -0.1) is 0 Å². The molecule has 0 fully saturated rings. The first kappa shape index (κ1) is 16.2. The third kappa shape index (κ3) is 3.48. The van der Waals surface area contributed by atoms with Crippen LogP contribution in [0.2, 0.25) is 0 Å². The van der Waals surface area contributed by atoms with Crippen molar-refractivity contribution in [2.75, 3.05) is 0 Å². The van der Waals surface area contributed by atoms with Crippen LogP contribution in [-0.2, 0) is 10.0 Å². The summed E-state index contributed by atoms with van der Waals surface area (Å²) in [6, 6.07) is 6.94. The van der Waals surface area contributed by atoms with Gasteiger partial charge in [0, 0.05) is 0 Å². The number of hydrogen-bond acceptors (Lipinski definition) is 2. The number of allylic oxidation sites excluding steroid dienone is 6. The van der Waals surface area contributed by atoms with Gasteiger partial charge in [-0.2, -0.15) is 0 Å². The summed E-state index contributed by atoms with van der Waals surface area (Å²) in [6.45, 7) is 4.49. The fourth-order valence-electron chi connectivity index (χ4n) is 3.27. The average molecular weight is 329 g/mol. The van der Waals surface area contributed by atoms with E-state index in [1.807, 2.05) is 12.1 Å². The summed E-state index contributed by atoms with van der Waals surface area (Å²) in [7, 11) is -3.63. The van der Waals surface area contributed by atoms with Crippen LogP contribution >= 0.6 is 0 Å². The van der Waals surface area contributed by atoms with Gasteiger partial charge in [-0.1, -0.05) is 44.2 Å². The predicted octanol–water partition coefficient (Wildman–Crippen LogP) is 4.18. The van der Waals surface area contributed by atoms with E-state index >= 15 is 0 Å². The summed E-state index contributed by atoms with van der Waals surface area (Å²) in [6.07, 6.45) is 11.2. The molecule has 1 aromatic rings. The molecule has 0 saturated carbocycles. The SMILES string of the molecule is CC1(C)C=CC(C2=C(c3ccc(S(N)(=O)=O)cc3)CCC2)=CC1. The topological polar surface area (TPSA) is 60.2 Å². The Labute approximate surface area is 138 Å². The molecule has 3 rings (SSSR count). The van der Waals surface area contributed by atoms with E-state index in [9.17, 15) is 8.42 Å². The first-order valence-corrected chi connectivity index (χ1v) is 9.56. The van der Waals surface area contributed by atoms with Gasteiger partial charge in [0.05, 0.1) is 4.90 Å². The van der Waals surface area contributed by atoms with Crippen molar-refractivity contribution < 1.29 is 8.42 Å².